The second-order valence-corrected chi connectivity index (χ2v) is 7.00. The minimum atomic E-state index is -0.602. The predicted molar refractivity (Wildman–Crippen MR) is 85.0 cm³/mol. The highest BCUT2D eigenvalue weighted by atomic mass is 16.5. The summed E-state index contributed by atoms with van der Waals surface area (Å²) in [5.74, 6) is 0.721. The van der Waals surface area contributed by atoms with E-state index in [4.69, 9.17) is 9.84 Å². The molecule has 0 aromatic rings. The first-order valence-electron chi connectivity index (χ1n) is 7.43. The molecule has 2 N–H and O–H groups in total. The summed E-state index contributed by atoms with van der Waals surface area (Å²) < 4.78 is 5.45. The van der Waals surface area contributed by atoms with E-state index in [0.29, 0.717) is 19.1 Å². The average Bonchev–Trinajstić information content (AvgIpc) is 2.25. The van der Waals surface area contributed by atoms with Crippen LogP contribution < -0.4 is 5.32 Å². The Morgan fingerprint density at radius 3 is 1.95 bits per heavy atom. The Morgan fingerprint density at radius 1 is 1.20 bits per heavy atom. The third-order valence-corrected chi connectivity index (χ3v) is 2.77. The van der Waals surface area contributed by atoms with E-state index < -0.39 is 5.60 Å². The average molecular weight is 289 g/mol. The molecule has 0 spiro atoms. The largest absolute Gasteiger partial charge is 0.395 e. The quantitative estimate of drug-likeness (QED) is 0.756. The summed E-state index contributed by atoms with van der Waals surface area (Å²) in [7, 11) is 0. The van der Waals surface area contributed by atoms with Gasteiger partial charge in [0, 0.05) is 18.7 Å². The second-order valence-electron chi connectivity index (χ2n) is 7.00. The minimum absolute atomic E-state index is 0.0891. The van der Waals surface area contributed by atoms with E-state index in [0.717, 1.165) is 6.42 Å². The van der Waals surface area contributed by atoms with Crippen LogP contribution in [0, 0.1) is 5.92 Å². The molecule has 0 rings (SSSR count). The molecule has 0 fully saturated rings. The first kappa shape index (κ1) is 21.8. The molecule has 0 amide bonds. The highest BCUT2D eigenvalue weighted by molar-refractivity contribution is 5.83. The fourth-order valence-corrected chi connectivity index (χ4v) is 1.08. The van der Waals surface area contributed by atoms with Gasteiger partial charge < -0.3 is 15.2 Å². The van der Waals surface area contributed by atoms with Crippen LogP contribution in [0.5, 0.6) is 0 Å². The van der Waals surface area contributed by atoms with E-state index >= 15 is 0 Å². The standard InChI is InChI=1S/C10H20O2.C6H15NO/c1-8(2)6-7-12-10(4,5)9(3)11;1-6(2,3)7-4-5-8/h8H,6-7H2,1-5H3;7-8H,4-5H2,1-3H3. The van der Waals surface area contributed by atoms with Gasteiger partial charge in [0.2, 0.25) is 0 Å². The van der Waals surface area contributed by atoms with Crippen LogP contribution in [0.3, 0.4) is 0 Å². The number of aliphatic hydroxyl groups is 1. The summed E-state index contributed by atoms with van der Waals surface area (Å²) in [5.41, 5.74) is -0.461. The number of ketones is 1. The van der Waals surface area contributed by atoms with Crippen LogP contribution in [0.2, 0.25) is 0 Å². The van der Waals surface area contributed by atoms with Gasteiger partial charge in [0.05, 0.1) is 6.61 Å². The zero-order valence-corrected chi connectivity index (χ0v) is 14.7. The predicted octanol–water partition coefficient (Wildman–Crippen LogP) is 2.78. The van der Waals surface area contributed by atoms with E-state index in [9.17, 15) is 4.79 Å². The topological polar surface area (TPSA) is 58.6 Å². The monoisotopic (exact) mass is 289 g/mol. The molecule has 0 radical (unpaired) electrons. The third kappa shape index (κ3) is 15.6. The first-order chi connectivity index (χ1) is 8.92. The van der Waals surface area contributed by atoms with Crippen molar-refractivity contribution in [2.75, 3.05) is 19.8 Å². The summed E-state index contributed by atoms with van der Waals surface area (Å²) in [6.45, 7) is 17.3. The smallest absolute Gasteiger partial charge is 0.160 e. The van der Waals surface area contributed by atoms with Gasteiger partial charge in [-0.05, 0) is 53.9 Å². The molecule has 0 aliphatic heterocycles. The van der Waals surface area contributed by atoms with Gasteiger partial charge in [-0.3, -0.25) is 4.79 Å². The number of Topliss-reactive ketones (excluding diaryl/α,β-unsaturated/α-hetero) is 1. The Kier molecular flexibility index (Phi) is 11.3. The van der Waals surface area contributed by atoms with Gasteiger partial charge in [0.15, 0.2) is 5.78 Å². The molecule has 0 aliphatic rings. The molecule has 0 saturated heterocycles. The van der Waals surface area contributed by atoms with Crippen molar-refractivity contribution in [2.24, 2.45) is 5.92 Å². The molecule has 20 heavy (non-hydrogen) atoms. The van der Waals surface area contributed by atoms with E-state index in [1.807, 2.05) is 13.8 Å². The minimum Gasteiger partial charge on any atom is -0.395 e. The maximum Gasteiger partial charge on any atom is 0.160 e. The maximum absolute atomic E-state index is 11.0. The molecule has 122 valence electrons. The van der Waals surface area contributed by atoms with Gasteiger partial charge in [-0.1, -0.05) is 13.8 Å². The van der Waals surface area contributed by atoms with Crippen LogP contribution in [0.25, 0.3) is 0 Å². The molecule has 0 atom stereocenters. The van der Waals surface area contributed by atoms with Crippen LogP contribution in [-0.2, 0) is 9.53 Å². The first-order valence-corrected chi connectivity index (χ1v) is 7.43. The zero-order valence-electron chi connectivity index (χ0n) is 14.7. The molecule has 0 saturated carbocycles. The summed E-state index contributed by atoms with van der Waals surface area (Å²) in [6.07, 6.45) is 1.01. The number of rotatable bonds is 7. The summed E-state index contributed by atoms with van der Waals surface area (Å²) >= 11 is 0. The third-order valence-electron chi connectivity index (χ3n) is 2.77. The number of hydrogen-bond acceptors (Lipinski definition) is 4. The Labute approximate surface area is 125 Å². The van der Waals surface area contributed by atoms with Gasteiger partial charge in [-0.25, -0.2) is 0 Å². The van der Waals surface area contributed by atoms with E-state index in [1.54, 1.807) is 6.92 Å². The fraction of sp³-hybridized carbons (Fsp3) is 0.938. The van der Waals surface area contributed by atoms with Crippen LogP contribution in [-0.4, -0.2) is 41.8 Å². The fourth-order valence-electron chi connectivity index (χ4n) is 1.08. The number of aliphatic hydroxyl groups excluding tert-OH is 1. The zero-order chi connectivity index (χ0) is 16.4. The van der Waals surface area contributed by atoms with E-state index in [2.05, 4.69) is 39.9 Å². The summed E-state index contributed by atoms with van der Waals surface area (Å²) in [4.78, 5) is 11.0. The Morgan fingerprint density at radius 2 is 1.70 bits per heavy atom. The van der Waals surface area contributed by atoms with Crippen LogP contribution >= 0.6 is 0 Å². The lowest BCUT2D eigenvalue weighted by atomic mass is 10.1. The van der Waals surface area contributed by atoms with Crippen molar-refractivity contribution in [1.82, 2.24) is 5.32 Å². The van der Waals surface area contributed by atoms with Crippen LogP contribution in [0.4, 0.5) is 0 Å². The summed E-state index contributed by atoms with van der Waals surface area (Å²) in [6, 6.07) is 0. The SMILES string of the molecule is CC(=O)C(C)(C)OCCC(C)C.CC(C)(C)NCCO. The Balaban J connectivity index is 0. The van der Waals surface area contributed by atoms with Crippen molar-refractivity contribution < 1.29 is 14.6 Å². The molecule has 0 aliphatic carbocycles. The molecule has 0 aromatic carbocycles. The van der Waals surface area contributed by atoms with Crippen LogP contribution in [0.1, 0.15) is 61.8 Å². The van der Waals surface area contributed by atoms with Crippen LogP contribution in [0.15, 0.2) is 0 Å². The lowest BCUT2D eigenvalue weighted by molar-refractivity contribution is -0.138. The molecule has 0 unspecified atom stereocenters. The van der Waals surface area contributed by atoms with Gasteiger partial charge in [-0.2, -0.15) is 0 Å². The normalized spacial score (nSPS) is 12.1. The number of hydrogen-bond donors (Lipinski definition) is 2. The molecule has 4 heteroatoms. The van der Waals surface area contributed by atoms with Crippen molar-refractivity contribution in [2.45, 2.75) is 73.0 Å². The summed E-state index contributed by atoms with van der Waals surface area (Å²) in [5, 5.41) is 11.5. The Hall–Kier alpha value is -0.450. The van der Waals surface area contributed by atoms with Crippen molar-refractivity contribution in [3.63, 3.8) is 0 Å². The van der Waals surface area contributed by atoms with Crippen molar-refractivity contribution in [3.05, 3.63) is 0 Å². The van der Waals surface area contributed by atoms with Gasteiger partial charge in [-0.15, -0.1) is 0 Å². The number of carbonyl (C=O) groups is 1. The van der Waals surface area contributed by atoms with Crippen molar-refractivity contribution >= 4 is 5.78 Å². The lowest BCUT2D eigenvalue weighted by Crippen LogP contribution is -2.37. The van der Waals surface area contributed by atoms with Gasteiger partial charge in [0.25, 0.3) is 0 Å². The van der Waals surface area contributed by atoms with Crippen molar-refractivity contribution in [3.8, 4) is 0 Å². The molecule has 4 nitrogen and oxygen atoms in total. The maximum atomic E-state index is 11.0. The van der Waals surface area contributed by atoms with E-state index in [1.165, 1.54) is 0 Å². The Bertz CT molecular complexity index is 255. The number of carbonyl (C=O) groups excluding carboxylic acids is 1. The number of ether oxygens (including phenoxy) is 1. The van der Waals surface area contributed by atoms with E-state index in [-0.39, 0.29) is 17.9 Å². The molecule has 0 aromatic heterocycles. The van der Waals surface area contributed by atoms with Gasteiger partial charge >= 0.3 is 0 Å². The highest BCUT2D eigenvalue weighted by Crippen LogP contribution is 2.12. The van der Waals surface area contributed by atoms with Crippen molar-refractivity contribution in [1.29, 1.82) is 0 Å². The lowest BCUT2D eigenvalue weighted by Gasteiger charge is -2.22. The number of nitrogens with one attached hydrogen (secondary N) is 1. The molecular weight excluding hydrogens is 254 g/mol. The molecule has 0 bridgehead atoms. The highest BCUT2D eigenvalue weighted by Gasteiger charge is 2.23. The van der Waals surface area contributed by atoms with Gasteiger partial charge in [0.1, 0.15) is 5.60 Å². The molecular formula is C16H35NO3. The number of β-amino-alcohol motifs (C(OH)–C–C–N with tert-alkyl or cyclic N) is 1. The molecule has 0 heterocycles. The second kappa shape index (κ2) is 10.3.